The number of nitrogens with two attached hydrogens (primary N) is 1. The van der Waals surface area contributed by atoms with Gasteiger partial charge in [0.1, 0.15) is 35.5 Å². The van der Waals surface area contributed by atoms with Crippen LogP contribution in [-0.2, 0) is 13.0 Å². The van der Waals surface area contributed by atoms with Crippen molar-refractivity contribution in [1.29, 1.82) is 0 Å². The van der Waals surface area contributed by atoms with Crippen LogP contribution in [0.2, 0.25) is 0 Å². The third-order valence-electron chi connectivity index (χ3n) is 6.23. The molecule has 0 saturated heterocycles. The number of aromatic nitrogens is 3. The molecule has 0 radical (unpaired) electrons. The van der Waals surface area contributed by atoms with Crippen LogP contribution in [0.3, 0.4) is 0 Å². The molecule has 0 atom stereocenters. The second-order valence-corrected chi connectivity index (χ2v) is 8.60. The first-order valence-corrected chi connectivity index (χ1v) is 11.5. The number of hydrogen-bond donors (Lipinski definition) is 4. The van der Waals surface area contributed by atoms with Gasteiger partial charge >= 0.3 is 0 Å². The molecule has 2 aromatic heterocycles. The normalized spacial score (nSPS) is 13.4. The van der Waals surface area contributed by atoms with Crippen LogP contribution >= 0.6 is 0 Å². The molecular formula is C25H24F3N7O2. The molecular weight excluding hydrogens is 487 g/mol. The number of primary amides is 1. The number of amides is 1. The number of methoxy groups -OCH3 is 1. The summed E-state index contributed by atoms with van der Waals surface area (Å²) in [6.07, 6.45) is 2.41. The Labute approximate surface area is 209 Å². The van der Waals surface area contributed by atoms with E-state index in [2.05, 4.69) is 25.6 Å². The summed E-state index contributed by atoms with van der Waals surface area (Å²) in [5.74, 6) is -2.11. The van der Waals surface area contributed by atoms with E-state index in [0.717, 1.165) is 30.2 Å². The largest absolute Gasteiger partial charge is 0.495 e. The average molecular weight is 512 g/mol. The summed E-state index contributed by atoms with van der Waals surface area (Å²) in [6, 6.07) is 7.08. The van der Waals surface area contributed by atoms with Gasteiger partial charge in [-0.05, 0) is 41.8 Å². The fourth-order valence-electron chi connectivity index (χ4n) is 4.49. The van der Waals surface area contributed by atoms with E-state index in [0.29, 0.717) is 41.6 Å². The molecule has 0 spiro atoms. The molecule has 1 aliphatic heterocycles. The van der Waals surface area contributed by atoms with Crippen LogP contribution in [0.4, 0.5) is 36.3 Å². The minimum absolute atomic E-state index is 0.157. The molecule has 37 heavy (non-hydrogen) atoms. The summed E-state index contributed by atoms with van der Waals surface area (Å²) in [5.41, 5.74) is 7.84. The number of nitrogens with one attached hydrogen (secondary N) is 3. The van der Waals surface area contributed by atoms with E-state index in [9.17, 15) is 18.0 Å². The van der Waals surface area contributed by atoms with Crippen LogP contribution in [0, 0.1) is 11.6 Å². The van der Waals surface area contributed by atoms with Crippen molar-refractivity contribution in [2.24, 2.45) is 5.73 Å². The van der Waals surface area contributed by atoms with Crippen molar-refractivity contribution in [1.82, 2.24) is 19.9 Å². The highest BCUT2D eigenvalue weighted by Gasteiger charge is 2.21. The Morgan fingerprint density at radius 3 is 2.76 bits per heavy atom. The van der Waals surface area contributed by atoms with Gasteiger partial charge in [-0.15, -0.1) is 0 Å². The zero-order valence-electron chi connectivity index (χ0n) is 19.9. The van der Waals surface area contributed by atoms with Gasteiger partial charge in [0.05, 0.1) is 29.4 Å². The van der Waals surface area contributed by atoms with Crippen LogP contribution in [0.15, 0.2) is 36.5 Å². The Morgan fingerprint density at radius 1 is 1.16 bits per heavy atom. The van der Waals surface area contributed by atoms with E-state index in [1.165, 1.54) is 0 Å². The number of halogens is 3. The number of ether oxygens (including phenoxy) is 1. The van der Waals surface area contributed by atoms with Gasteiger partial charge in [-0.2, -0.15) is 9.97 Å². The molecule has 0 fully saturated rings. The summed E-state index contributed by atoms with van der Waals surface area (Å²) in [5, 5.41) is 6.49. The SMILES string of the molecule is COc1cc2c(cc1Nc1nc(Nc3cc(F)cc(F)c3C(N)=O)c3cc[nH]c3n1)CN(CCF)CC2. The predicted molar refractivity (Wildman–Crippen MR) is 133 cm³/mol. The van der Waals surface area contributed by atoms with Crippen molar-refractivity contribution in [2.75, 3.05) is 37.5 Å². The third kappa shape index (κ3) is 4.87. The first-order valence-electron chi connectivity index (χ1n) is 11.5. The summed E-state index contributed by atoms with van der Waals surface area (Å²) in [6.45, 7) is 1.32. The number of carbonyl (C=O) groups is 1. The quantitative estimate of drug-likeness (QED) is 0.280. The molecule has 0 bridgehead atoms. The van der Waals surface area contributed by atoms with E-state index >= 15 is 0 Å². The van der Waals surface area contributed by atoms with Crippen molar-refractivity contribution >= 4 is 40.1 Å². The Bertz CT molecular complexity index is 1490. The maximum atomic E-state index is 14.3. The minimum Gasteiger partial charge on any atom is -0.495 e. The van der Waals surface area contributed by atoms with Crippen LogP contribution in [0.25, 0.3) is 11.0 Å². The fraction of sp³-hybridized carbons (Fsp3) is 0.240. The van der Waals surface area contributed by atoms with E-state index in [-0.39, 0.29) is 17.5 Å². The number of aromatic amines is 1. The molecule has 1 aliphatic rings. The highest BCUT2D eigenvalue weighted by atomic mass is 19.1. The van der Waals surface area contributed by atoms with Crippen LogP contribution in [0.5, 0.6) is 5.75 Å². The zero-order chi connectivity index (χ0) is 26.1. The van der Waals surface area contributed by atoms with E-state index < -0.39 is 29.8 Å². The number of hydrogen-bond acceptors (Lipinski definition) is 7. The van der Waals surface area contributed by atoms with Crippen molar-refractivity contribution < 1.29 is 22.7 Å². The number of anilines is 4. The van der Waals surface area contributed by atoms with Crippen molar-refractivity contribution in [3.05, 3.63) is 64.9 Å². The van der Waals surface area contributed by atoms with E-state index in [1.54, 1.807) is 19.4 Å². The maximum absolute atomic E-state index is 14.3. The summed E-state index contributed by atoms with van der Waals surface area (Å²) >= 11 is 0. The molecule has 1 amide bonds. The highest BCUT2D eigenvalue weighted by Crippen LogP contribution is 2.34. The summed E-state index contributed by atoms with van der Waals surface area (Å²) < 4.78 is 46.7. The number of nitrogens with zero attached hydrogens (tertiary/aromatic N) is 3. The van der Waals surface area contributed by atoms with Gasteiger partial charge in [-0.3, -0.25) is 9.69 Å². The number of carbonyl (C=O) groups excluding carboxylic acids is 1. The van der Waals surface area contributed by atoms with E-state index in [1.807, 2.05) is 17.0 Å². The predicted octanol–water partition coefficient (Wildman–Crippen LogP) is 4.16. The molecule has 192 valence electrons. The second-order valence-electron chi connectivity index (χ2n) is 8.60. The van der Waals surface area contributed by atoms with E-state index in [4.69, 9.17) is 10.5 Å². The molecule has 12 heteroatoms. The number of alkyl halides is 1. The molecule has 9 nitrogen and oxygen atoms in total. The van der Waals surface area contributed by atoms with Crippen LogP contribution < -0.4 is 21.1 Å². The third-order valence-corrected chi connectivity index (χ3v) is 6.23. The van der Waals surface area contributed by atoms with Gasteiger partial charge in [0.2, 0.25) is 5.95 Å². The van der Waals surface area contributed by atoms with Crippen LogP contribution in [-0.4, -0.2) is 52.6 Å². The molecule has 4 aromatic rings. The van der Waals surface area contributed by atoms with Gasteiger partial charge < -0.3 is 26.1 Å². The average Bonchev–Trinajstić information content (AvgIpc) is 3.32. The Kier molecular flexibility index (Phi) is 6.57. The lowest BCUT2D eigenvalue weighted by Crippen LogP contribution is -2.32. The second kappa shape index (κ2) is 9.97. The minimum atomic E-state index is -1.09. The lowest BCUT2D eigenvalue weighted by Gasteiger charge is -2.28. The van der Waals surface area contributed by atoms with Gasteiger partial charge in [0.15, 0.2) is 0 Å². The van der Waals surface area contributed by atoms with Gasteiger partial charge in [0, 0.05) is 31.9 Å². The molecule has 3 heterocycles. The Hall–Kier alpha value is -4.32. The standard InChI is InChI=1S/C25H24F3N7O2/c1-37-20-9-13-3-6-35(7-4-26)12-14(13)8-18(20)32-25-33-23-16(2-5-30-23)24(34-25)31-19-11-15(27)10-17(28)21(19)22(29)36/h2,5,8-11H,3-4,6-7,12H2,1H3,(H2,29,36)(H3,30,31,32,33,34). The van der Waals surface area contributed by atoms with Gasteiger partial charge in [0.25, 0.3) is 5.91 Å². The molecule has 5 N–H and O–H groups in total. The fourth-order valence-corrected chi connectivity index (χ4v) is 4.49. The van der Waals surface area contributed by atoms with Crippen molar-refractivity contribution in [3.63, 3.8) is 0 Å². The lowest BCUT2D eigenvalue weighted by molar-refractivity contribution is 0.0997. The monoisotopic (exact) mass is 511 g/mol. The first-order chi connectivity index (χ1) is 17.9. The molecule has 0 aliphatic carbocycles. The molecule has 5 rings (SSSR count). The maximum Gasteiger partial charge on any atom is 0.253 e. The number of rotatable bonds is 8. The lowest BCUT2D eigenvalue weighted by atomic mass is 9.98. The van der Waals surface area contributed by atoms with Crippen molar-refractivity contribution in [2.45, 2.75) is 13.0 Å². The number of fused-ring (bicyclic) bond motifs is 2. The smallest absolute Gasteiger partial charge is 0.253 e. The Morgan fingerprint density at radius 2 is 2.00 bits per heavy atom. The summed E-state index contributed by atoms with van der Waals surface area (Å²) in [7, 11) is 1.55. The first kappa shape index (κ1) is 24.4. The topological polar surface area (TPSA) is 121 Å². The highest BCUT2D eigenvalue weighted by molar-refractivity contribution is 6.01. The number of benzene rings is 2. The molecule has 0 unspecified atom stereocenters. The Balaban J connectivity index is 1.52. The molecule has 0 saturated carbocycles. The van der Waals surface area contributed by atoms with Gasteiger partial charge in [-0.25, -0.2) is 13.2 Å². The summed E-state index contributed by atoms with van der Waals surface area (Å²) in [4.78, 5) is 25.8. The van der Waals surface area contributed by atoms with Gasteiger partial charge in [-0.1, -0.05) is 0 Å². The zero-order valence-corrected chi connectivity index (χ0v) is 19.9. The van der Waals surface area contributed by atoms with Crippen molar-refractivity contribution in [3.8, 4) is 5.75 Å². The number of H-pyrrole nitrogens is 1. The molecule has 2 aromatic carbocycles. The van der Waals surface area contributed by atoms with Crippen LogP contribution in [0.1, 0.15) is 21.5 Å².